The molecule has 0 aliphatic heterocycles. The molecule has 1 unspecified atom stereocenters. The van der Waals surface area contributed by atoms with Gasteiger partial charge in [0.15, 0.2) is 0 Å². The fraction of sp³-hybridized carbons (Fsp3) is 0.714. The molecule has 1 aliphatic rings. The van der Waals surface area contributed by atoms with Crippen molar-refractivity contribution in [1.29, 1.82) is 0 Å². The first-order chi connectivity index (χ1) is 8.16. The van der Waals surface area contributed by atoms with E-state index in [1.54, 1.807) is 11.3 Å². The van der Waals surface area contributed by atoms with E-state index < -0.39 is 0 Å². The third-order valence-electron chi connectivity index (χ3n) is 3.85. The van der Waals surface area contributed by atoms with Crippen LogP contribution in [0.25, 0.3) is 0 Å². The van der Waals surface area contributed by atoms with Crippen molar-refractivity contribution in [1.82, 2.24) is 0 Å². The molecule has 1 aromatic heterocycles. The SMILES string of the molecule is Cc1cc(C(N)CCC2CCCCC2)sc1Br. The summed E-state index contributed by atoms with van der Waals surface area (Å²) in [5.74, 6) is 0.944. The number of hydrogen-bond acceptors (Lipinski definition) is 2. The molecule has 17 heavy (non-hydrogen) atoms. The predicted octanol–water partition coefficient (Wildman–Crippen LogP) is 5.18. The molecule has 0 saturated heterocycles. The van der Waals surface area contributed by atoms with Gasteiger partial charge in [-0.1, -0.05) is 32.1 Å². The molecule has 1 saturated carbocycles. The number of aryl methyl sites for hydroxylation is 1. The molecule has 0 amide bonds. The molecule has 96 valence electrons. The first kappa shape index (κ1) is 13.6. The number of rotatable bonds is 4. The fourth-order valence-corrected chi connectivity index (χ4v) is 4.31. The molecule has 1 fully saturated rings. The van der Waals surface area contributed by atoms with Gasteiger partial charge in [0.25, 0.3) is 0 Å². The minimum atomic E-state index is 0.243. The Morgan fingerprint density at radius 3 is 2.71 bits per heavy atom. The second-order valence-corrected chi connectivity index (χ2v) is 7.70. The van der Waals surface area contributed by atoms with Gasteiger partial charge >= 0.3 is 0 Å². The zero-order valence-electron chi connectivity index (χ0n) is 10.5. The molecule has 0 bridgehead atoms. The molecule has 1 nitrogen and oxygen atoms in total. The summed E-state index contributed by atoms with van der Waals surface area (Å²) in [4.78, 5) is 1.34. The monoisotopic (exact) mass is 315 g/mol. The van der Waals surface area contributed by atoms with Gasteiger partial charge in [-0.25, -0.2) is 0 Å². The van der Waals surface area contributed by atoms with E-state index in [4.69, 9.17) is 5.73 Å². The van der Waals surface area contributed by atoms with Crippen molar-refractivity contribution in [3.8, 4) is 0 Å². The molecular weight excluding hydrogens is 294 g/mol. The average Bonchev–Trinajstić information content (AvgIpc) is 2.68. The Morgan fingerprint density at radius 1 is 1.41 bits per heavy atom. The lowest BCUT2D eigenvalue weighted by Gasteiger charge is -2.22. The number of nitrogens with two attached hydrogens (primary N) is 1. The second-order valence-electron chi connectivity index (χ2n) is 5.29. The van der Waals surface area contributed by atoms with Gasteiger partial charge in [-0.15, -0.1) is 11.3 Å². The highest BCUT2D eigenvalue weighted by Crippen LogP contribution is 2.34. The Bertz CT molecular complexity index is 336. The Balaban J connectivity index is 1.82. The number of thiophene rings is 1. The van der Waals surface area contributed by atoms with Gasteiger partial charge < -0.3 is 5.73 Å². The normalized spacial score (nSPS) is 19.5. The number of halogens is 1. The Hall–Kier alpha value is 0.140. The van der Waals surface area contributed by atoms with Crippen LogP contribution >= 0.6 is 27.3 Å². The van der Waals surface area contributed by atoms with Crippen LogP contribution in [-0.2, 0) is 0 Å². The highest BCUT2D eigenvalue weighted by Gasteiger charge is 2.16. The van der Waals surface area contributed by atoms with Gasteiger partial charge in [-0.2, -0.15) is 0 Å². The van der Waals surface area contributed by atoms with Gasteiger partial charge in [-0.05, 0) is 53.2 Å². The summed E-state index contributed by atoms with van der Waals surface area (Å²) in [5.41, 5.74) is 7.60. The van der Waals surface area contributed by atoms with E-state index in [0.29, 0.717) is 0 Å². The summed E-state index contributed by atoms with van der Waals surface area (Å²) in [7, 11) is 0. The minimum Gasteiger partial charge on any atom is -0.323 e. The van der Waals surface area contributed by atoms with Crippen LogP contribution in [0.4, 0.5) is 0 Å². The van der Waals surface area contributed by atoms with Crippen molar-refractivity contribution < 1.29 is 0 Å². The molecule has 1 atom stereocenters. The van der Waals surface area contributed by atoms with E-state index in [0.717, 1.165) is 12.3 Å². The van der Waals surface area contributed by atoms with E-state index in [2.05, 4.69) is 28.9 Å². The van der Waals surface area contributed by atoms with E-state index in [1.165, 1.54) is 52.8 Å². The van der Waals surface area contributed by atoms with E-state index >= 15 is 0 Å². The fourth-order valence-electron chi connectivity index (χ4n) is 2.70. The second kappa shape index (κ2) is 6.35. The van der Waals surface area contributed by atoms with E-state index in [-0.39, 0.29) is 6.04 Å². The molecule has 0 spiro atoms. The maximum absolute atomic E-state index is 6.28. The van der Waals surface area contributed by atoms with Crippen LogP contribution < -0.4 is 5.73 Å². The Morgan fingerprint density at radius 2 is 2.12 bits per heavy atom. The van der Waals surface area contributed by atoms with Crippen molar-refractivity contribution in [2.24, 2.45) is 11.7 Å². The van der Waals surface area contributed by atoms with Crippen LogP contribution in [0.15, 0.2) is 9.85 Å². The molecule has 2 N–H and O–H groups in total. The lowest BCUT2D eigenvalue weighted by Crippen LogP contribution is -2.13. The van der Waals surface area contributed by atoms with Crippen molar-refractivity contribution in [2.45, 2.75) is 57.9 Å². The average molecular weight is 316 g/mol. The molecule has 1 aromatic rings. The van der Waals surface area contributed by atoms with Crippen molar-refractivity contribution >= 4 is 27.3 Å². The minimum absolute atomic E-state index is 0.243. The van der Waals surface area contributed by atoms with Crippen molar-refractivity contribution in [3.05, 3.63) is 20.3 Å². The standard InChI is InChI=1S/C14H22BrNS/c1-10-9-13(17-14(10)15)12(16)8-7-11-5-3-2-4-6-11/h9,11-12H,2-8,16H2,1H3. The van der Waals surface area contributed by atoms with Crippen molar-refractivity contribution in [3.63, 3.8) is 0 Å². The third kappa shape index (κ3) is 3.80. The topological polar surface area (TPSA) is 26.0 Å². The largest absolute Gasteiger partial charge is 0.323 e. The first-order valence-corrected chi connectivity index (χ1v) is 8.29. The van der Waals surface area contributed by atoms with Crippen LogP contribution in [0, 0.1) is 12.8 Å². The molecule has 0 radical (unpaired) electrons. The molecule has 2 rings (SSSR count). The predicted molar refractivity (Wildman–Crippen MR) is 79.5 cm³/mol. The van der Waals surface area contributed by atoms with Crippen LogP contribution in [0.5, 0.6) is 0 Å². The zero-order chi connectivity index (χ0) is 12.3. The molecular formula is C14H22BrNS. The molecule has 3 heteroatoms. The van der Waals surface area contributed by atoms with Gasteiger partial charge in [0.2, 0.25) is 0 Å². The lowest BCUT2D eigenvalue weighted by atomic mass is 9.85. The van der Waals surface area contributed by atoms with Crippen LogP contribution in [-0.4, -0.2) is 0 Å². The summed E-state index contributed by atoms with van der Waals surface area (Å²) in [6, 6.07) is 2.48. The summed E-state index contributed by atoms with van der Waals surface area (Å²) >= 11 is 5.38. The zero-order valence-corrected chi connectivity index (χ0v) is 12.9. The van der Waals surface area contributed by atoms with Gasteiger partial charge in [-0.3, -0.25) is 0 Å². The lowest BCUT2D eigenvalue weighted by molar-refractivity contribution is 0.324. The Labute approximate surface area is 117 Å². The smallest absolute Gasteiger partial charge is 0.0731 e. The van der Waals surface area contributed by atoms with Crippen LogP contribution in [0.1, 0.15) is 61.4 Å². The van der Waals surface area contributed by atoms with Gasteiger partial charge in [0, 0.05) is 10.9 Å². The van der Waals surface area contributed by atoms with Crippen LogP contribution in [0.3, 0.4) is 0 Å². The maximum Gasteiger partial charge on any atom is 0.0731 e. The molecule has 0 aromatic carbocycles. The quantitative estimate of drug-likeness (QED) is 0.814. The highest BCUT2D eigenvalue weighted by atomic mass is 79.9. The van der Waals surface area contributed by atoms with E-state index in [9.17, 15) is 0 Å². The van der Waals surface area contributed by atoms with Crippen LogP contribution in [0.2, 0.25) is 0 Å². The Kier molecular flexibility index (Phi) is 5.07. The summed E-state index contributed by atoms with van der Waals surface area (Å²) in [6.45, 7) is 2.14. The van der Waals surface area contributed by atoms with Gasteiger partial charge in [0.1, 0.15) is 0 Å². The summed E-state index contributed by atoms with van der Waals surface area (Å²) < 4.78 is 1.24. The van der Waals surface area contributed by atoms with E-state index in [1.807, 2.05) is 0 Å². The van der Waals surface area contributed by atoms with Crippen molar-refractivity contribution in [2.75, 3.05) is 0 Å². The molecule has 1 heterocycles. The molecule has 1 aliphatic carbocycles. The van der Waals surface area contributed by atoms with Gasteiger partial charge in [0.05, 0.1) is 3.79 Å². The first-order valence-electron chi connectivity index (χ1n) is 6.68. The summed E-state index contributed by atoms with van der Waals surface area (Å²) in [5, 5.41) is 0. The number of hydrogen-bond donors (Lipinski definition) is 1. The summed E-state index contributed by atoms with van der Waals surface area (Å²) in [6.07, 6.45) is 9.64. The third-order valence-corrected chi connectivity index (χ3v) is 6.12. The maximum atomic E-state index is 6.28. The highest BCUT2D eigenvalue weighted by molar-refractivity contribution is 9.11.